The fourth-order valence-electron chi connectivity index (χ4n) is 3.40. The quantitative estimate of drug-likeness (QED) is 0.682. The zero-order valence-corrected chi connectivity index (χ0v) is 15.9. The predicted octanol–water partition coefficient (Wildman–Crippen LogP) is 5.61. The second-order valence-corrected chi connectivity index (χ2v) is 9.39. The third-order valence-corrected chi connectivity index (χ3v) is 6.82. The number of allylic oxidation sites excluding steroid dienone is 4. The molecule has 1 fully saturated rings. The summed E-state index contributed by atoms with van der Waals surface area (Å²) in [7, 11) is -3.84. The summed E-state index contributed by atoms with van der Waals surface area (Å²) in [5.41, 5.74) is 5.41. The van der Waals surface area contributed by atoms with E-state index in [1.165, 1.54) is 12.1 Å². The van der Waals surface area contributed by atoms with E-state index in [1.54, 1.807) is 12.1 Å². The Hall–Kier alpha value is -1.91. The first kappa shape index (κ1) is 17.5. The van der Waals surface area contributed by atoms with Crippen LogP contribution >= 0.6 is 11.6 Å². The molecule has 2 aromatic rings. The fourth-order valence-corrected chi connectivity index (χ4v) is 4.19. The topological polar surface area (TPSA) is 34.1 Å². The van der Waals surface area contributed by atoms with Gasteiger partial charge in [0.15, 0.2) is 6.01 Å². The summed E-state index contributed by atoms with van der Waals surface area (Å²) in [6.45, 7) is 1.98. The maximum absolute atomic E-state index is 12.7. The van der Waals surface area contributed by atoms with Crippen molar-refractivity contribution >= 4 is 32.6 Å². The lowest BCUT2D eigenvalue weighted by atomic mass is 9.94. The third kappa shape index (κ3) is 3.01. The van der Waals surface area contributed by atoms with Crippen LogP contribution in [-0.2, 0) is 9.84 Å². The van der Waals surface area contributed by atoms with E-state index in [1.807, 2.05) is 19.1 Å². The van der Waals surface area contributed by atoms with Gasteiger partial charge in [0.1, 0.15) is 0 Å². The van der Waals surface area contributed by atoms with Gasteiger partial charge in [-0.2, -0.15) is 0 Å². The van der Waals surface area contributed by atoms with Crippen LogP contribution < -0.4 is 0 Å². The molecule has 0 N–H and O–H groups in total. The molecular formula is C21H18ClFO2S. The van der Waals surface area contributed by atoms with Gasteiger partial charge in [-0.1, -0.05) is 42.0 Å². The van der Waals surface area contributed by atoms with E-state index in [4.69, 9.17) is 11.6 Å². The smallest absolute Gasteiger partial charge is 0.207 e. The van der Waals surface area contributed by atoms with E-state index in [0.717, 1.165) is 45.7 Å². The largest absolute Gasteiger partial charge is 0.233 e. The van der Waals surface area contributed by atoms with Gasteiger partial charge in [0.2, 0.25) is 9.84 Å². The van der Waals surface area contributed by atoms with Gasteiger partial charge in [-0.25, -0.2) is 12.8 Å². The highest BCUT2D eigenvalue weighted by Crippen LogP contribution is 2.57. The van der Waals surface area contributed by atoms with Crippen molar-refractivity contribution in [2.45, 2.75) is 24.7 Å². The van der Waals surface area contributed by atoms with Crippen molar-refractivity contribution in [3.8, 4) is 0 Å². The monoisotopic (exact) mass is 388 g/mol. The molecule has 2 nitrogen and oxygen atoms in total. The fraction of sp³-hybridized carbons (Fsp3) is 0.238. The zero-order valence-electron chi connectivity index (χ0n) is 14.3. The SMILES string of the molecule is Cc1cc(C2=CC3(C=C2c2ccc(S(=O)(=O)CF)cc2)CC3)ccc1Cl. The molecule has 0 bridgehead atoms. The first-order valence-electron chi connectivity index (χ1n) is 8.45. The molecule has 0 amide bonds. The minimum atomic E-state index is -3.84. The highest BCUT2D eigenvalue weighted by atomic mass is 35.5. The van der Waals surface area contributed by atoms with Gasteiger partial charge in [-0.3, -0.25) is 0 Å². The van der Waals surface area contributed by atoms with Crippen molar-refractivity contribution in [2.24, 2.45) is 5.41 Å². The van der Waals surface area contributed by atoms with E-state index in [2.05, 4.69) is 18.2 Å². The average Bonchev–Trinajstić information content (AvgIpc) is 3.28. The van der Waals surface area contributed by atoms with Crippen LogP contribution in [0.3, 0.4) is 0 Å². The van der Waals surface area contributed by atoms with Crippen LogP contribution in [0.2, 0.25) is 5.02 Å². The second-order valence-electron chi connectivity index (χ2n) is 7.06. The normalized spacial score (nSPS) is 18.0. The molecule has 134 valence electrons. The Balaban J connectivity index is 1.75. The third-order valence-electron chi connectivity index (χ3n) is 5.12. The van der Waals surface area contributed by atoms with Gasteiger partial charge in [-0.15, -0.1) is 0 Å². The van der Waals surface area contributed by atoms with Crippen LogP contribution in [0.15, 0.2) is 59.5 Å². The molecule has 1 spiro atoms. The molecule has 26 heavy (non-hydrogen) atoms. The molecule has 0 atom stereocenters. The standard InChI is InChI=1S/C21H18ClFO2S/c1-14-10-16(4-7-20(14)22)19-12-21(8-9-21)11-18(19)15-2-5-17(6-3-15)26(24,25)13-23/h2-7,10-12H,8-9,13H2,1H3. The maximum Gasteiger partial charge on any atom is 0.207 e. The van der Waals surface area contributed by atoms with Crippen LogP contribution in [0.1, 0.15) is 29.5 Å². The minimum Gasteiger partial charge on any atom is -0.233 e. The lowest BCUT2D eigenvalue weighted by molar-refractivity contribution is 0.534. The second kappa shape index (κ2) is 6.07. The summed E-state index contributed by atoms with van der Waals surface area (Å²) in [6, 6.07) is 11.1. The summed E-state index contributed by atoms with van der Waals surface area (Å²) < 4.78 is 36.1. The van der Waals surface area contributed by atoms with Crippen molar-refractivity contribution in [1.82, 2.24) is 0 Å². The van der Waals surface area contributed by atoms with Crippen molar-refractivity contribution in [1.29, 1.82) is 0 Å². The lowest BCUT2D eigenvalue weighted by Crippen LogP contribution is -2.02. The van der Waals surface area contributed by atoms with Gasteiger partial charge in [-0.05, 0) is 71.9 Å². The maximum atomic E-state index is 12.7. The number of aryl methyl sites for hydroxylation is 1. The van der Waals surface area contributed by atoms with Crippen LogP contribution in [0.4, 0.5) is 4.39 Å². The molecule has 5 heteroatoms. The van der Waals surface area contributed by atoms with E-state index < -0.39 is 15.8 Å². The molecule has 0 radical (unpaired) electrons. The number of rotatable bonds is 4. The van der Waals surface area contributed by atoms with E-state index in [0.29, 0.717) is 0 Å². The molecule has 0 saturated heterocycles. The first-order chi connectivity index (χ1) is 12.3. The number of halogens is 2. The molecule has 0 heterocycles. The molecule has 0 unspecified atom stereocenters. The van der Waals surface area contributed by atoms with Gasteiger partial charge in [0.25, 0.3) is 0 Å². The number of benzene rings is 2. The lowest BCUT2D eigenvalue weighted by Gasteiger charge is -2.11. The molecule has 2 aliphatic carbocycles. The van der Waals surface area contributed by atoms with E-state index >= 15 is 0 Å². The first-order valence-corrected chi connectivity index (χ1v) is 10.5. The highest BCUT2D eigenvalue weighted by molar-refractivity contribution is 7.91. The minimum absolute atomic E-state index is 0.0105. The Kier molecular flexibility index (Phi) is 4.08. The highest BCUT2D eigenvalue weighted by Gasteiger charge is 2.43. The zero-order chi connectivity index (χ0) is 18.5. The number of sulfone groups is 1. The predicted molar refractivity (Wildman–Crippen MR) is 103 cm³/mol. The summed E-state index contributed by atoms with van der Waals surface area (Å²) in [5.74, 6) is 0. The van der Waals surface area contributed by atoms with Gasteiger partial charge >= 0.3 is 0 Å². The number of hydrogen-bond acceptors (Lipinski definition) is 2. The Labute approximate surface area is 157 Å². The Morgan fingerprint density at radius 3 is 2.12 bits per heavy atom. The molecule has 1 saturated carbocycles. The van der Waals surface area contributed by atoms with Gasteiger partial charge < -0.3 is 0 Å². The summed E-state index contributed by atoms with van der Waals surface area (Å²) >= 11 is 6.16. The molecule has 2 aromatic carbocycles. The van der Waals surface area contributed by atoms with Crippen molar-refractivity contribution in [3.05, 3.63) is 76.3 Å². The Morgan fingerprint density at radius 2 is 1.58 bits per heavy atom. The van der Waals surface area contributed by atoms with Crippen molar-refractivity contribution < 1.29 is 12.8 Å². The molecule has 0 aliphatic heterocycles. The molecule has 4 rings (SSSR count). The Bertz CT molecular complexity index is 1050. The number of alkyl halides is 1. The van der Waals surface area contributed by atoms with Crippen molar-refractivity contribution in [3.63, 3.8) is 0 Å². The van der Waals surface area contributed by atoms with E-state index in [-0.39, 0.29) is 10.3 Å². The molecule has 2 aliphatic rings. The van der Waals surface area contributed by atoms with Crippen molar-refractivity contribution in [2.75, 3.05) is 6.01 Å². The summed E-state index contributed by atoms with van der Waals surface area (Å²) in [4.78, 5) is 0.0105. The Morgan fingerprint density at radius 1 is 1.00 bits per heavy atom. The molecular weight excluding hydrogens is 371 g/mol. The van der Waals surface area contributed by atoms with Crippen LogP contribution in [0.5, 0.6) is 0 Å². The number of hydrogen-bond donors (Lipinski definition) is 0. The van der Waals surface area contributed by atoms with Gasteiger partial charge in [0.05, 0.1) is 4.90 Å². The summed E-state index contributed by atoms with van der Waals surface area (Å²) in [6.07, 6.45) is 6.82. The van der Waals surface area contributed by atoms with Crippen LogP contribution in [0, 0.1) is 12.3 Å². The van der Waals surface area contributed by atoms with Crippen LogP contribution in [-0.4, -0.2) is 14.4 Å². The summed E-state index contributed by atoms with van der Waals surface area (Å²) in [5, 5.41) is 0.736. The molecule has 0 aromatic heterocycles. The average molecular weight is 389 g/mol. The van der Waals surface area contributed by atoms with E-state index in [9.17, 15) is 12.8 Å². The van der Waals surface area contributed by atoms with Gasteiger partial charge in [0, 0.05) is 10.4 Å². The van der Waals surface area contributed by atoms with Crippen LogP contribution in [0.25, 0.3) is 11.1 Å².